The lowest BCUT2D eigenvalue weighted by atomic mass is 10.2. The summed E-state index contributed by atoms with van der Waals surface area (Å²) < 4.78 is 26.0. The lowest BCUT2D eigenvalue weighted by Crippen LogP contribution is -2.05. The second-order valence-corrected chi connectivity index (χ2v) is 4.17. The van der Waals surface area contributed by atoms with E-state index in [2.05, 4.69) is 4.18 Å². The molecule has 0 heterocycles. The van der Waals surface area contributed by atoms with E-state index < -0.39 is 10.1 Å². The van der Waals surface area contributed by atoms with Crippen LogP contribution in [0.2, 0.25) is 0 Å². The average molecular weight is 202 g/mol. The molecule has 1 aromatic rings. The van der Waals surface area contributed by atoms with Crippen molar-refractivity contribution in [3.05, 3.63) is 29.8 Å². The second kappa shape index (κ2) is 3.76. The van der Waals surface area contributed by atoms with Crippen LogP contribution in [0.1, 0.15) is 5.56 Å². The van der Waals surface area contributed by atoms with Crippen LogP contribution in [0.4, 0.5) is 0 Å². The maximum atomic E-state index is 10.7. The van der Waals surface area contributed by atoms with Crippen LogP contribution in [-0.2, 0) is 16.7 Å². The van der Waals surface area contributed by atoms with Crippen molar-refractivity contribution in [1.29, 1.82) is 0 Å². The van der Waals surface area contributed by atoms with Gasteiger partial charge in [-0.1, -0.05) is 12.1 Å². The maximum absolute atomic E-state index is 10.7. The SMILES string of the molecule is CS(=O)(=O)Oc1cccc(CO)c1. The van der Waals surface area contributed by atoms with E-state index in [-0.39, 0.29) is 12.4 Å². The van der Waals surface area contributed by atoms with E-state index in [1.807, 2.05) is 0 Å². The lowest BCUT2D eigenvalue weighted by molar-refractivity contribution is 0.281. The van der Waals surface area contributed by atoms with Crippen molar-refractivity contribution in [2.45, 2.75) is 6.61 Å². The van der Waals surface area contributed by atoms with Gasteiger partial charge in [0.2, 0.25) is 0 Å². The Balaban J connectivity index is 2.90. The highest BCUT2D eigenvalue weighted by atomic mass is 32.2. The molecule has 1 aromatic carbocycles. The molecule has 5 heteroatoms. The minimum absolute atomic E-state index is 0.138. The smallest absolute Gasteiger partial charge is 0.306 e. The first kappa shape index (κ1) is 10.0. The van der Waals surface area contributed by atoms with Gasteiger partial charge in [0.05, 0.1) is 12.9 Å². The summed E-state index contributed by atoms with van der Waals surface area (Å²) in [5.41, 5.74) is 0.612. The van der Waals surface area contributed by atoms with Gasteiger partial charge in [0.25, 0.3) is 0 Å². The van der Waals surface area contributed by atoms with Gasteiger partial charge in [0.1, 0.15) is 5.75 Å². The van der Waals surface area contributed by atoms with E-state index >= 15 is 0 Å². The molecule has 0 amide bonds. The van der Waals surface area contributed by atoms with Crippen LogP contribution in [-0.4, -0.2) is 19.8 Å². The van der Waals surface area contributed by atoms with Gasteiger partial charge < -0.3 is 9.29 Å². The van der Waals surface area contributed by atoms with Crippen molar-refractivity contribution in [1.82, 2.24) is 0 Å². The van der Waals surface area contributed by atoms with Crippen LogP contribution in [0, 0.1) is 0 Å². The molecule has 0 fully saturated rings. The molecule has 0 aliphatic rings. The second-order valence-electron chi connectivity index (χ2n) is 2.59. The average Bonchev–Trinajstić information content (AvgIpc) is 2.01. The first-order chi connectivity index (χ1) is 6.01. The zero-order valence-electron chi connectivity index (χ0n) is 7.10. The molecular formula is C8H10O4S. The predicted octanol–water partition coefficient (Wildman–Crippen LogP) is 0.517. The number of aliphatic hydroxyl groups excluding tert-OH is 1. The molecule has 1 N–H and O–H groups in total. The van der Waals surface area contributed by atoms with Crippen LogP contribution < -0.4 is 4.18 Å². The molecule has 0 bridgehead atoms. The molecule has 0 aliphatic heterocycles. The monoisotopic (exact) mass is 202 g/mol. The Morgan fingerprint density at radius 2 is 2.15 bits per heavy atom. The summed E-state index contributed by atoms with van der Waals surface area (Å²) in [6, 6.07) is 6.28. The van der Waals surface area contributed by atoms with Gasteiger partial charge in [-0.2, -0.15) is 8.42 Å². The number of aliphatic hydroxyl groups is 1. The molecule has 0 saturated carbocycles. The van der Waals surface area contributed by atoms with Gasteiger partial charge in [0, 0.05) is 0 Å². The van der Waals surface area contributed by atoms with Crippen molar-refractivity contribution in [2.75, 3.05) is 6.26 Å². The third-order valence-corrected chi connectivity index (χ3v) is 1.82. The van der Waals surface area contributed by atoms with Crippen LogP contribution >= 0.6 is 0 Å². The number of rotatable bonds is 3. The highest BCUT2D eigenvalue weighted by Crippen LogP contribution is 2.14. The first-order valence-corrected chi connectivity index (χ1v) is 5.42. The van der Waals surface area contributed by atoms with Gasteiger partial charge in [-0.25, -0.2) is 0 Å². The Labute approximate surface area is 76.9 Å². The van der Waals surface area contributed by atoms with E-state index in [0.717, 1.165) is 6.26 Å². The summed E-state index contributed by atoms with van der Waals surface area (Å²) in [5.74, 6) is 0.217. The van der Waals surface area contributed by atoms with Crippen molar-refractivity contribution in [3.63, 3.8) is 0 Å². The molecule has 0 spiro atoms. The first-order valence-electron chi connectivity index (χ1n) is 3.60. The quantitative estimate of drug-likeness (QED) is 0.726. The van der Waals surface area contributed by atoms with Crippen LogP contribution in [0.5, 0.6) is 5.75 Å². The van der Waals surface area contributed by atoms with E-state index in [4.69, 9.17) is 5.11 Å². The van der Waals surface area contributed by atoms with Crippen molar-refractivity contribution in [2.24, 2.45) is 0 Å². The molecule has 0 unspecified atom stereocenters. The lowest BCUT2D eigenvalue weighted by Gasteiger charge is -2.03. The summed E-state index contributed by atoms with van der Waals surface area (Å²) in [7, 11) is -3.48. The molecule has 0 atom stereocenters. The maximum Gasteiger partial charge on any atom is 0.306 e. The van der Waals surface area contributed by atoms with E-state index in [0.29, 0.717) is 5.56 Å². The number of hydrogen-bond acceptors (Lipinski definition) is 4. The fourth-order valence-corrected chi connectivity index (χ4v) is 1.32. The molecular weight excluding hydrogens is 192 g/mol. The summed E-state index contributed by atoms with van der Waals surface area (Å²) in [6.45, 7) is -0.138. The molecule has 4 nitrogen and oxygen atoms in total. The van der Waals surface area contributed by atoms with Crippen molar-refractivity contribution in [3.8, 4) is 5.75 Å². The van der Waals surface area contributed by atoms with Gasteiger partial charge in [0.15, 0.2) is 0 Å². The standard InChI is InChI=1S/C8H10O4S/c1-13(10,11)12-8-4-2-3-7(5-8)6-9/h2-5,9H,6H2,1H3. The Morgan fingerprint density at radius 3 is 2.69 bits per heavy atom. The molecule has 0 aliphatic carbocycles. The largest absolute Gasteiger partial charge is 0.392 e. The van der Waals surface area contributed by atoms with E-state index in [9.17, 15) is 8.42 Å². The van der Waals surface area contributed by atoms with Crippen LogP contribution in [0.3, 0.4) is 0 Å². The highest BCUT2D eigenvalue weighted by Gasteiger charge is 2.03. The Kier molecular flexibility index (Phi) is 2.90. The van der Waals surface area contributed by atoms with Crippen LogP contribution in [0.15, 0.2) is 24.3 Å². The topological polar surface area (TPSA) is 63.6 Å². The van der Waals surface area contributed by atoms with E-state index in [1.54, 1.807) is 12.1 Å². The van der Waals surface area contributed by atoms with Crippen molar-refractivity contribution < 1.29 is 17.7 Å². The van der Waals surface area contributed by atoms with Gasteiger partial charge in [-0.15, -0.1) is 0 Å². The number of hydrogen-bond donors (Lipinski definition) is 1. The third kappa shape index (κ3) is 3.43. The fourth-order valence-electron chi connectivity index (χ4n) is 0.870. The molecule has 0 aromatic heterocycles. The Morgan fingerprint density at radius 1 is 1.46 bits per heavy atom. The highest BCUT2D eigenvalue weighted by molar-refractivity contribution is 7.86. The predicted molar refractivity (Wildman–Crippen MR) is 47.8 cm³/mol. The van der Waals surface area contributed by atoms with Gasteiger partial charge in [-0.3, -0.25) is 0 Å². The summed E-state index contributed by atoms with van der Waals surface area (Å²) in [6.07, 6.45) is 0.971. The van der Waals surface area contributed by atoms with Crippen molar-refractivity contribution >= 4 is 10.1 Å². The third-order valence-electron chi connectivity index (χ3n) is 1.33. The zero-order valence-corrected chi connectivity index (χ0v) is 7.91. The number of benzene rings is 1. The molecule has 0 saturated heterocycles. The zero-order chi connectivity index (χ0) is 9.90. The molecule has 13 heavy (non-hydrogen) atoms. The summed E-state index contributed by atoms with van der Waals surface area (Å²) in [5, 5.41) is 8.76. The van der Waals surface area contributed by atoms with Gasteiger partial charge >= 0.3 is 10.1 Å². The Bertz CT molecular complexity index is 383. The van der Waals surface area contributed by atoms with Crippen LogP contribution in [0.25, 0.3) is 0 Å². The van der Waals surface area contributed by atoms with Gasteiger partial charge in [-0.05, 0) is 17.7 Å². The summed E-state index contributed by atoms with van der Waals surface area (Å²) in [4.78, 5) is 0. The fraction of sp³-hybridized carbons (Fsp3) is 0.250. The minimum atomic E-state index is -3.48. The summed E-state index contributed by atoms with van der Waals surface area (Å²) >= 11 is 0. The molecule has 1 rings (SSSR count). The Hall–Kier alpha value is -1.07. The molecule has 72 valence electrons. The molecule has 0 radical (unpaired) electrons. The van der Waals surface area contributed by atoms with E-state index in [1.165, 1.54) is 12.1 Å². The normalized spacial score (nSPS) is 11.2. The minimum Gasteiger partial charge on any atom is -0.392 e.